The number of carbonyl (C=O) groups excluding carboxylic acids is 1. The molecule has 0 aliphatic carbocycles. The third kappa shape index (κ3) is 2.35. The Kier molecular flexibility index (Phi) is 3.76. The molecule has 1 aromatic rings. The highest BCUT2D eigenvalue weighted by atomic mass is 16.7. The summed E-state index contributed by atoms with van der Waals surface area (Å²) < 4.78 is 10.6. The van der Waals surface area contributed by atoms with Gasteiger partial charge in [0.1, 0.15) is 0 Å². The summed E-state index contributed by atoms with van der Waals surface area (Å²) in [6.45, 7) is 5.06. The summed E-state index contributed by atoms with van der Waals surface area (Å²) in [5.41, 5.74) is 1.14. The van der Waals surface area contributed by atoms with Crippen LogP contribution < -0.4 is 9.47 Å². The Balaban J connectivity index is 1.79. The molecule has 1 atom stereocenters. The second-order valence-corrected chi connectivity index (χ2v) is 5.64. The largest absolute Gasteiger partial charge is 0.454 e. The fraction of sp³-hybridized carbons (Fsp3) is 0.562. The number of ether oxygens (including phenoxy) is 2. The molecule has 21 heavy (non-hydrogen) atoms. The smallest absolute Gasteiger partial charge is 0.256 e. The Morgan fingerprint density at radius 2 is 1.95 bits per heavy atom. The first-order valence-corrected chi connectivity index (χ1v) is 7.58. The highest BCUT2D eigenvalue weighted by Gasteiger charge is 2.37. The van der Waals surface area contributed by atoms with Crippen LogP contribution in [0.5, 0.6) is 11.5 Å². The molecule has 3 rings (SSSR count). The van der Waals surface area contributed by atoms with E-state index in [1.54, 1.807) is 12.1 Å². The van der Waals surface area contributed by atoms with Gasteiger partial charge < -0.3 is 19.5 Å². The second-order valence-electron chi connectivity index (χ2n) is 5.64. The molecule has 2 aliphatic heterocycles. The van der Waals surface area contributed by atoms with E-state index >= 15 is 0 Å². The molecule has 0 radical (unpaired) electrons. The van der Waals surface area contributed by atoms with E-state index in [1.807, 2.05) is 0 Å². The number of nitrogens with zero attached hydrogens (tertiary/aromatic N) is 1. The molecular weight excluding hydrogens is 270 g/mol. The van der Waals surface area contributed by atoms with Crippen molar-refractivity contribution in [1.82, 2.24) is 4.90 Å². The average Bonchev–Trinajstić information content (AvgIpc) is 3.04. The van der Waals surface area contributed by atoms with Gasteiger partial charge in [0.2, 0.25) is 6.79 Å². The van der Waals surface area contributed by atoms with E-state index in [4.69, 9.17) is 9.47 Å². The first kappa shape index (κ1) is 14.2. The maximum Gasteiger partial charge on any atom is 0.256 e. The molecule has 114 valence electrons. The van der Waals surface area contributed by atoms with Gasteiger partial charge in [0.25, 0.3) is 5.91 Å². The minimum Gasteiger partial charge on any atom is -0.454 e. The van der Waals surface area contributed by atoms with E-state index in [2.05, 4.69) is 13.8 Å². The Hall–Kier alpha value is -1.75. The molecule has 0 aromatic heterocycles. The maximum atomic E-state index is 12.5. The van der Waals surface area contributed by atoms with E-state index in [1.165, 1.54) is 4.90 Å². The van der Waals surface area contributed by atoms with Crippen molar-refractivity contribution >= 4 is 5.91 Å². The number of aliphatic hydroxyl groups excluding tert-OH is 1. The second kappa shape index (κ2) is 5.56. The van der Waals surface area contributed by atoms with Gasteiger partial charge in [-0.2, -0.15) is 0 Å². The molecule has 5 heteroatoms. The van der Waals surface area contributed by atoms with Crippen molar-refractivity contribution in [3.05, 3.63) is 23.3 Å². The molecule has 5 nitrogen and oxygen atoms in total. The van der Waals surface area contributed by atoms with Gasteiger partial charge in [0.05, 0.1) is 5.56 Å². The summed E-state index contributed by atoms with van der Waals surface area (Å²) in [6, 6.07) is 3.40. The van der Waals surface area contributed by atoms with Crippen LogP contribution in [0.4, 0.5) is 0 Å². The zero-order chi connectivity index (χ0) is 15.0. The predicted octanol–water partition coefficient (Wildman–Crippen LogP) is 2.69. The Labute approximate surface area is 124 Å². The number of hydrogen-bond donors (Lipinski definition) is 1. The molecule has 0 fully saturated rings. The number of hydrogen-bond acceptors (Lipinski definition) is 4. The minimum atomic E-state index is -0.878. The zero-order valence-corrected chi connectivity index (χ0v) is 12.5. The van der Waals surface area contributed by atoms with E-state index in [-0.39, 0.29) is 12.7 Å². The van der Waals surface area contributed by atoms with Gasteiger partial charge in [0, 0.05) is 12.1 Å². The molecule has 1 aromatic carbocycles. The van der Waals surface area contributed by atoms with E-state index < -0.39 is 6.23 Å². The number of aliphatic hydroxyl groups is 1. The molecule has 0 saturated heterocycles. The van der Waals surface area contributed by atoms with Crippen molar-refractivity contribution in [2.75, 3.05) is 13.3 Å². The Morgan fingerprint density at radius 3 is 2.62 bits per heavy atom. The average molecular weight is 291 g/mol. The minimum absolute atomic E-state index is 0.123. The summed E-state index contributed by atoms with van der Waals surface area (Å²) in [4.78, 5) is 14.0. The first-order chi connectivity index (χ1) is 10.2. The Morgan fingerprint density at radius 1 is 1.29 bits per heavy atom. The third-order valence-electron chi connectivity index (χ3n) is 4.54. The van der Waals surface area contributed by atoms with Crippen LogP contribution in [-0.4, -0.2) is 29.3 Å². The van der Waals surface area contributed by atoms with Crippen LogP contribution >= 0.6 is 0 Å². The molecule has 1 amide bonds. The number of amides is 1. The van der Waals surface area contributed by atoms with E-state index in [0.29, 0.717) is 35.1 Å². The molecule has 2 heterocycles. The van der Waals surface area contributed by atoms with Crippen molar-refractivity contribution in [3.63, 3.8) is 0 Å². The van der Waals surface area contributed by atoms with Gasteiger partial charge in [-0.05, 0) is 24.5 Å². The lowest BCUT2D eigenvalue weighted by atomic mass is 9.99. The van der Waals surface area contributed by atoms with Crippen LogP contribution in [0, 0.1) is 5.92 Å². The lowest BCUT2D eigenvalue weighted by Crippen LogP contribution is -2.30. The normalized spacial score (nSPS) is 19.5. The summed E-state index contributed by atoms with van der Waals surface area (Å²) in [6.07, 6.45) is 2.22. The van der Waals surface area contributed by atoms with Gasteiger partial charge in [-0.15, -0.1) is 0 Å². The van der Waals surface area contributed by atoms with Gasteiger partial charge in [-0.1, -0.05) is 26.7 Å². The van der Waals surface area contributed by atoms with Crippen molar-refractivity contribution in [2.45, 2.75) is 39.3 Å². The monoisotopic (exact) mass is 291 g/mol. The molecule has 0 spiro atoms. The number of benzene rings is 1. The summed E-state index contributed by atoms with van der Waals surface area (Å²) in [7, 11) is 0. The van der Waals surface area contributed by atoms with Gasteiger partial charge in [-0.25, -0.2) is 0 Å². The quantitative estimate of drug-likeness (QED) is 0.906. The van der Waals surface area contributed by atoms with Gasteiger partial charge >= 0.3 is 0 Å². The van der Waals surface area contributed by atoms with Crippen LogP contribution in [0.3, 0.4) is 0 Å². The number of rotatable bonds is 5. The van der Waals surface area contributed by atoms with E-state index in [9.17, 15) is 9.90 Å². The third-order valence-corrected chi connectivity index (χ3v) is 4.54. The van der Waals surface area contributed by atoms with Crippen molar-refractivity contribution < 1.29 is 19.4 Å². The number of fused-ring (bicyclic) bond motifs is 2. The van der Waals surface area contributed by atoms with Crippen LogP contribution in [0.15, 0.2) is 12.1 Å². The molecular formula is C16H21NO4. The topological polar surface area (TPSA) is 59.0 Å². The maximum absolute atomic E-state index is 12.5. The van der Waals surface area contributed by atoms with Crippen molar-refractivity contribution in [1.29, 1.82) is 0 Å². The van der Waals surface area contributed by atoms with E-state index in [0.717, 1.165) is 19.3 Å². The van der Waals surface area contributed by atoms with Crippen molar-refractivity contribution in [3.8, 4) is 11.5 Å². The summed E-state index contributed by atoms with van der Waals surface area (Å²) in [5, 5.41) is 10.4. The van der Waals surface area contributed by atoms with Crippen LogP contribution in [0.25, 0.3) is 0 Å². The van der Waals surface area contributed by atoms with Gasteiger partial charge in [0.15, 0.2) is 17.7 Å². The molecule has 2 aliphatic rings. The lowest BCUT2D eigenvalue weighted by Gasteiger charge is -2.23. The molecule has 1 unspecified atom stereocenters. The predicted molar refractivity (Wildman–Crippen MR) is 77.3 cm³/mol. The zero-order valence-electron chi connectivity index (χ0n) is 12.5. The summed E-state index contributed by atoms with van der Waals surface area (Å²) in [5.74, 6) is 1.64. The van der Waals surface area contributed by atoms with Crippen molar-refractivity contribution in [2.24, 2.45) is 5.92 Å². The highest BCUT2D eigenvalue weighted by Crippen LogP contribution is 2.41. The SMILES string of the molecule is CCC(CC)CCN1C(=O)c2cc3c(cc2C1O)OCO3. The molecule has 0 bridgehead atoms. The van der Waals surface area contributed by atoms with Crippen LogP contribution in [-0.2, 0) is 0 Å². The fourth-order valence-corrected chi connectivity index (χ4v) is 3.03. The van der Waals surface area contributed by atoms with Crippen LogP contribution in [0.1, 0.15) is 55.3 Å². The first-order valence-electron chi connectivity index (χ1n) is 7.58. The summed E-state index contributed by atoms with van der Waals surface area (Å²) >= 11 is 0. The molecule has 0 saturated carbocycles. The number of carbonyl (C=O) groups is 1. The van der Waals surface area contributed by atoms with Gasteiger partial charge in [-0.3, -0.25) is 4.79 Å². The Bertz CT molecular complexity index is 553. The fourth-order valence-electron chi connectivity index (χ4n) is 3.03. The van der Waals surface area contributed by atoms with Crippen LogP contribution in [0.2, 0.25) is 0 Å². The lowest BCUT2D eigenvalue weighted by molar-refractivity contribution is 0.0151. The highest BCUT2D eigenvalue weighted by molar-refractivity contribution is 5.99. The molecule has 1 N–H and O–H groups in total. The standard InChI is InChI=1S/C16H21NO4/c1-3-10(4-2)5-6-17-15(18)11-7-13-14(21-9-20-13)8-12(11)16(17)19/h7-8,10,15,18H,3-6,9H2,1-2H3.